The lowest BCUT2D eigenvalue weighted by molar-refractivity contribution is 0.0501. The Labute approximate surface area is 124 Å². The van der Waals surface area contributed by atoms with E-state index >= 15 is 0 Å². The number of Topliss-reactive ketones (excluding diaryl/α,β-unsaturated/α-hetero) is 1. The molecule has 0 aliphatic carbocycles. The van der Waals surface area contributed by atoms with E-state index in [4.69, 9.17) is 14.2 Å². The minimum absolute atomic E-state index is 0.0595. The van der Waals surface area contributed by atoms with Gasteiger partial charge in [0.2, 0.25) is 0 Å². The van der Waals surface area contributed by atoms with E-state index in [1.807, 2.05) is 30.3 Å². The summed E-state index contributed by atoms with van der Waals surface area (Å²) in [5.74, 6) is 1.06. The minimum Gasteiger partial charge on any atom is -0.489 e. The SMILES string of the molecule is COCOc1cc(OCc2ccccc2)ccc1C(C)=O. The molecule has 0 atom stereocenters. The van der Waals surface area contributed by atoms with Crippen LogP contribution in [0.1, 0.15) is 22.8 Å². The van der Waals surface area contributed by atoms with E-state index in [2.05, 4.69) is 0 Å². The summed E-state index contributed by atoms with van der Waals surface area (Å²) >= 11 is 0. The Morgan fingerprint density at radius 3 is 2.48 bits per heavy atom. The lowest BCUT2D eigenvalue weighted by Crippen LogP contribution is -2.05. The fraction of sp³-hybridized carbons (Fsp3) is 0.235. The van der Waals surface area contributed by atoms with Gasteiger partial charge in [-0.05, 0) is 24.6 Å². The highest BCUT2D eigenvalue weighted by atomic mass is 16.7. The highest BCUT2D eigenvalue weighted by Gasteiger charge is 2.10. The number of methoxy groups -OCH3 is 1. The van der Waals surface area contributed by atoms with Gasteiger partial charge in [0.15, 0.2) is 12.6 Å². The third kappa shape index (κ3) is 4.33. The van der Waals surface area contributed by atoms with Crippen LogP contribution >= 0.6 is 0 Å². The molecule has 0 radical (unpaired) electrons. The van der Waals surface area contributed by atoms with Crippen LogP contribution in [0.5, 0.6) is 11.5 Å². The van der Waals surface area contributed by atoms with Gasteiger partial charge in [-0.2, -0.15) is 0 Å². The van der Waals surface area contributed by atoms with E-state index in [1.165, 1.54) is 14.0 Å². The Bertz CT molecular complexity index is 593. The average molecular weight is 286 g/mol. The Hall–Kier alpha value is -2.33. The molecule has 0 saturated carbocycles. The highest BCUT2D eigenvalue weighted by Crippen LogP contribution is 2.26. The molecule has 4 nitrogen and oxygen atoms in total. The van der Waals surface area contributed by atoms with E-state index < -0.39 is 0 Å². The first-order chi connectivity index (χ1) is 10.2. The third-order valence-corrected chi connectivity index (χ3v) is 2.91. The molecule has 0 amide bonds. The van der Waals surface area contributed by atoms with Crippen molar-refractivity contribution in [1.82, 2.24) is 0 Å². The summed E-state index contributed by atoms with van der Waals surface area (Å²) in [6.45, 7) is 2.05. The van der Waals surface area contributed by atoms with Gasteiger partial charge in [0.1, 0.15) is 18.1 Å². The van der Waals surface area contributed by atoms with Crippen molar-refractivity contribution < 1.29 is 19.0 Å². The second kappa shape index (κ2) is 7.45. The van der Waals surface area contributed by atoms with E-state index in [-0.39, 0.29) is 12.6 Å². The molecule has 0 N–H and O–H groups in total. The number of rotatable bonds is 7. The van der Waals surface area contributed by atoms with Gasteiger partial charge in [-0.25, -0.2) is 0 Å². The predicted molar refractivity (Wildman–Crippen MR) is 79.7 cm³/mol. The Balaban J connectivity index is 2.11. The summed E-state index contributed by atoms with van der Waals surface area (Å²) in [6.07, 6.45) is 0. The van der Waals surface area contributed by atoms with Crippen LogP contribution in [0, 0.1) is 0 Å². The van der Waals surface area contributed by atoms with Gasteiger partial charge >= 0.3 is 0 Å². The zero-order chi connectivity index (χ0) is 15.1. The average Bonchev–Trinajstić information content (AvgIpc) is 2.51. The van der Waals surface area contributed by atoms with Gasteiger partial charge < -0.3 is 14.2 Å². The molecule has 0 aromatic heterocycles. The van der Waals surface area contributed by atoms with Crippen LogP contribution in [-0.2, 0) is 11.3 Å². The molecule has 4 heteroatoms. The molecular weight excluding hydrogens is 268 g/mol. The lowest BCUT2D eigenvalue weighted by atomic mass is 10.1. The molecule has 0 aliphatic heterocycles. The fourth-order valence-corrected chi connectivity index (χ4v) is 1.87. The Morgan fingerprint density at radius 1 is 1.05 bits per heavy atom. The van der Waals surface area contributed by atoms with Crippen molar-refractivity contribution in [2.75, 3.05) is 13.9 Å². The van der Waals surface area contributed by atoms with Gasteiger partial charge in [-0.15, -0.1) is 0 Å². The maximum absolute atomic E-state index is 11.6. The molecular formula is C17H18O4. The summed E-state index contributed by atoms with van der Waals surface area (Å²) in [7, 11) is 1.53. The van der Waals surface area contributed by atoms with Gasteiger partial charge in [-0.1, -0.05) is 30.3 Å². The summed E-state index contributed by atoms with van der Waals surface area (Å²) in [4.78, 5) is 11.6. The minimum atomic E-state index is -0.0595. The van der Waals surface area contributed by atoms with Crippen LogP contribution in [0.15, 0.2) is 48.5 Å². The van der Waals surface area contributed by atoms with Crippen molar-refractivity contribution in [1.29, 1.82) is 0 Å². The molecule has 21 heavy (non-hydrogen) atoms. The standard InChI is InChI=1S/C17H18O4/c1-13(18)16-9-8-15(10-17(16)21-12-19-2)20-11-14-6-4-3-5-7-14/h3-10H,11-12H2,1-2H3. The Morgan fingerprint density at radius 2 is 1.81 bits per heavy atom. The van der Waals surface area contributed by atoms with Crippen molar-refractivity contribution in [3.63, 3.8) is 0 Å². The quantitative estimate of drug-likeness (QED) is 0.577. The molecule has 0 spiro atoms. The molecule has 0 bridgehead atoms. The predicted octanol–water partition coefficient (Wildman–Crippen LogP) is 3.45. The number of hydrogen-bond donors (Lipinski definition) is 0. The summed E-state index contributed by atoms with van der Waals surface area (Å²) < 4.78 is 16.0. The van der Waals surface area contributed by atoms with Gasteiger partial charge in [0, 0.05) is 13.2 Å². The monoisotopic (exact) mass is 286 g/mol. The normalized spacial score (nSPS) is 10.2. The first kappa shape index (κ1) is 15.1. The molecule has 2 rings (SSSR count). The molecule has 2 aromatic rings. The molecule has 0 saturated heterocycles. The van der Waals surface area contributed by atoms with Crippen molar-refractivity contribution in [3.05, 3.63) is 59.7 Å². The Kier molecular flexibility index (Phi) is 5.35. The maximum Gasteiger partial charge on any atom is 0.188 e. The zero-order valence-electron chi connectivity index (χ0n) is 12.2. The largest absolute Gasteiger partial charge is 0.489 e. The van der Waals surface area contributed by atoms with Crippen LogP contribution in [0.2, 0.25) is 0 Å². The second-order valence-electron chi connectivity index (χ2n) is 4.54. The van der Waals surface area contributed by atoms with Crippen LogP contribution < -0.4 is 9.47 Å². The zero-order valence-corrected chi connectivity index (χ0v) is 12.2. The number of ether oxygens (including phenoxy) is 3. The van der Waals surface area contributed by atoms with Crippen LogP contribution in [0.25, 0.3) is 0 Å². The third-order valence-electron chi connectivity index (χ3n) is 2.91. The van der Waals surface area contributed by atoms with Crippen molar-refractivity contribution in [2.24, 2.45) is 0 Å². The molecule has 0 fully saturated rings. The summed E-state index contributed by atoms with van der Waals surface area (Å²) in [5, 5.41) is 0. The van der Waals surface area contributed by atoms with Gasteiger partial charge in [0.05, 0.1) is 5.56 Å². The smallest absolute Gasteiger partial charge is 0.188 e. The number of carbonyl (C=O) groups is 1. The maximum atomic E-state index is 11.6. The first-order valence-electron chi connectivity index (χ1n) is 6.64. The fourth-order valence-electron chi connectivity index (χ4n) is 1.87. The second-order valence-corrected chi connectivity index (χ2v) is 4.54. The number of carbonyl (C=O) groups excluding carboxylic acids is 1. The van der Waals surface area contributed by atoms with E-state index in [9.17, 15) is 4.79 Å². The van der Waals surface area contributed by atoms with Crippen molar-refractivity contribution in [3.8, 4) is 11.5 Å². The van der Waals surface area contributed by atoms with Crippen molar-refractivity contribution >= 4 is 5.78 Å². The number of hydrogen-bond acceptors (Lipinski definition) is 4. The van der Waals surface area contributed by atoms with E-state index in [0.29, 0.717) is 23.7 Å². The first-order valence-corrected chi connectivity index (χ1v) is 6.64. The summed E-state index contributed by atoms with van der Waals surface area (Å²) in [5.41, 5.74) is 1.59. The van der Waals surface area contributed by atoms with E-state index in [0.717, 1.165) is 5.56 Å². The van der Waals surface area contributed by atoms with Gasteiger partial charge in [0.25, 0.3) is 0 Å². The van der Waals surface area contributed by atoms with E-state index in [1.54, 1.807) is 18.2 Å². The molecule has 0 unspecified atom stereocenters. The number of ketones is 1. The number of benzene rings is 2. The van der Waals surface area contributed by atoms with Crippen LogP contribution in [0.4, 0.5) is 0 Å². The molecule has 0 aliphatic rings. The lowest BCUT2D eigenvalue weighted by Gasteiger charge is -2.12. The van der Waals surface area contributed by atoms with Crippen LogP contribution in [0.3, 0.4) is 0 Å². The molecule has 110 valence electrons. The van der Waals surface area contributed by atoms with Gasteiger partial charge in [-0.3, -0.25) is 4.79 Å². The molecule has 0 heterocycles. The van der Waals surface area contributed by atoms with Crippen LogP contribution in [-0.4, -0.2) is 19.7 Å². The topological polar surface area (TPSA) is 44.8 Å². The highest BCUT2D eigenvalue weighted by molar-refractivity contribution is 5.97. The summed E-state index contributed by atoms with van der Waals surface area (Å²) in [6, 6.07) is 15.0. The van der Waals surface area contributed by atoms with Crippen molar-refractivity contribution in [2.45, 2.75) is 13.5 Å². The molecule has 2 aromatic carbocycles.